The number of carbonyl (C=O) groups excluding carboxylic acids is 1. The molecule has 0 spiro atoms. The summed E-state index contributed by atoms with van der Waals surface area (Å²) in [6, 6.07) is 8.79. The molecular weight excluding hydrogens is 345 g/mol. The van der Waals surface area contributed by atoms with Gasteiger partial charge in [0.25, 0.3) is 0 Å². The van der Waals surface area contributed by atoms with Crippen LogP contribution in [0.3, 0.4) is 0 Å². The highest BCUT2D eigenvalue weighted by molar-refractivity contribution is 5.85. The van der Waals surface area contributed by atoms with Crippen LogP contribution < -0.4 is 10.6 Å². The van der Waals surface area contributed by atoms with Crippen LogP contribution in [0.15, 0.2) is 29.3 Å². The van der Waals surface area contributed by atoms with E-state index in [-0.39, 0.29) is 17.8 Å². The van der Waals surface area contributed by atoms with E-state index >= 15 is 0 Å². The van der Waals surface area contributed by atoms with Crippen molar-refractivity contribution in [3.05, 3.63) is 35.6 Å². The third kappa shape index (κ3) is 4.71. The Balaban J connectivity index is 1.42. The van der Waals surface area contributed by atoms with Crippen molar-refractivity contribution < 1.29 is 9.18 Å². The molecule has 2 aliphatic rings. The molecule has 27 heavy (non-hydrogen) atoms. The summed E-state index contributed by atoms with van der Waals surface area (Å²) in [6.07, 6.45) is 4.52. The third-order valence-electron chi connectivity index (χ3n) is 5.48. The first-order valence-electron chi connectivity index (χ1n) is 9.53. The number of benzene rings is 1. The zero-order valence-electron chi connectivity index (χ0n) is 15.5. The van der Waals surface area contributed by atoms with E-state index < -0.39 is 5.41 Å². The number of amides is 1. The molecule has 0 bridgehead atoms. The fraction of sp³-hybridized carbons (Fsp3) is 0.550. The average Bonchev–Trinajstić information content (AvgIpc) is 2.72. The summed E-state index contributed by atoms with van der Waals surface area (Å²) in [5.41, 5.74) is -0.215. The SMILES string of the molecule is N#CC1(c2ccccc2F)CCN(CCCNC(=O)C2CC=NCN2)CC1. The molecule has 2 heterocycles. The lowest BCUT2D eigenvalue weighted by Gasteiger charge is -2.37. The van der Waals surface area contributed by atoms with Gasteiger partial charge >= 0.3 is 0 Å². The van der Waals surface area contributed by atoms with Crippen molar-refractivity contribution in [1.29, 1.82) is 5.26 Å². The topological polar surface area (TPSA) is 80.5 Å². The number of halogens is 1. The first-order valence-corrected chi connectivity index (χ1v) is 9.53. The monoisotopic (exact) mass is 371 g/mol. The second-order valence-electron chi connectivity index (χ2n) is 7.18. The first kappa shape index (κ1) is 19.5. The molecule has 0 aromatic heterocycles. The van der Waals surface area contributed by atoms with Crippen LogP contribution in [-0.2, 0) is 10.2 Å². The Kier molecular flexibility index (Phi) is 6.54. The van der Waals surface area contributed by atoms with Gasteiger partial charge in [-0.15, -0.1) is 0 Å². The van der Waals surface area contributed by atoms with Gasteiger partial charge < -0.3 is 10.2 Å². The van der Waals surface area contributed by atoms with Crippen LogP contribution in [0.4, 0.5) is 4.39 Å². The van der Waals surface area contributed by atoms with E-state index in [2.05, 4.69) is 26.6 Å². The lowest BCUT2D eigenvalue weighted by atomic mass is 9.74. The number of rotatable bonds is 6. The number of likely N-dealkylation sites (tertiary alicyclic amines) is 1. The summed E-state index contributed by atoms with van der Waals surface area (Å²) in [6.45, 7) is 3.50. The predicted molar refractivity (Wildman–Crippen MR) is 102 cm³/mol. The van der Waals surface area contributed by atoms with Crippen molar-refractivity contribution in [1.82, 2.24) is 15.5 Å². The van der Waals surface area contributed by atoms with Gasteiger partial charge in [-0.05, 0) is 45.0 Å². The van der Waals surface area contributed by atoms with E-state index in [1.54, 1.807) is 24.4 Å². The van der Waals surface area contributed by atoms with Gasteiger partial charge in [0.1, 0.15) is 5.82 Å². The second kappa shape index (κ2) is 9.07. The fourth-order valence-corrected chi connectivity index (χ4v) is 3.78. The van der Waals surface area contributed by atoms with Crippen LogP contribution in [-0.4, -0.2) is 55.9 Å². The highest BCUT2D eigenvalue weighted by atomic mass is 19.1. The van der Waals surface area contributed by atoms with Crippen LogP contribution in [0, 0.1) is 17.1 Å². The van der Waals surface area contributed by atoms with Crippen molar-refractivity contribution in [3.63, 3.8) is 0 Å². The molecule has 6 nitrogen and oxygen atoms in total. The van der Waals surface area contributed by atoms with Gasteiger partial charge in [-0.3, -0.25) is 15.1 Å². The zero-order valence-corrected chi connectivity index (χ0v) is 15.5. The van der Waals surface area contributed by atoms with Gasteiger partial charge in [0.15, 0.2) is 0 Å². The Hall–Kier alpha value is -2.30. The molecule has 3 rings (SSSR count). The van der Waals surface area contributed by atoms with Crippen molar-refractivity contribution in [2.75, 3.05) is 32.8 Å². The average molecular weight is 371 g/mol. The van der Waals surface area contributed by atoms with Crippen molar-refractivity contribution in [2.45, 2.75) is 37.1 Å². The Morgan fingerprint density at radius 1 is 1.41 bits per heavy atom. The smallest absolute Gasteiger partial charge is 0.237 e. The van der Waals surface area contributed by atoms with Gasteiger partial charge in [0.2, 0.25) is 5.91 Å². The minimum absolute atomic E-state index is 0.0165. The summed E-state index contributed by atoms with van der Waals surface area (Å²) in [5, 5.41) is 15.7. The number of aliphatic imine (C=N–C) groups is 1. The molecule has 1 atom stereocenters. The standard InChI is InChI=1S/C20H26FN5O/c21-17-5-2-1-4-16(17)20(14-22)7-12-26(13-8-20)11-3-9-24-19(27)18-6-10-23-15-25-18/h1-2,4-5,10,18,25H,3,6-9,11-13,15H2,(H,24,27). The lowest BCUT2D eigenvalue weighted by Crippen LogP contribution is -2.47. The molecule has 144 valence electrons. The Morgan fingerprint density at radius 2 is 2.19 bits per heavy atom. The van der Waals surface area contributed by atoms with Crippen molar-refractivity contribution in [3.8, 4) is 6.07 Å². The van der Waals surface area contributed by atoms with Crippen LogP contribution in [0.25, 0.3) is 0 Å². The van der Waals surface area contributed by atoms with E-state index in [1.165, 1.54) is 6.07 Å². The molecule has 1 amide bonds. The highest BCUT2D eigenvalue weighted by Gasteiger charge is 2.38. The maximum atomic E-state index is 14.2. The summed E-state index contributed by atoms with van der Waals surface area (Å²) in [5.74, 6) is -0.278. The van der Waals surface area contributed by atoms with Crippen LogP contribution >= 0.6 is 0 Å². The summed E-state index contributed by atoms with van der Waals surface area (Å²) < 4.78 is 14.2. The van der Waals surface area contributed by atoms with E-state index in [0.29, 0.717) is 38.0 Å². The van der Waals surface area contributed by atoms with Crippen molar-refractivity contribution >= 4 is 12.1 Å². The quantitative estimate of drug-likeness (QED) is 0.744. The number of carbonyl (C=O) groups is 1. The molecule has 1 aromatic rings. The molecule has 7 heteroatoms. The minimum atomic E-state index is -0.732. The molecule has 0 saturated carbocycles. The van der Waals surface area contributed by atoms with Crippen LogP contribution in [0.2, 0.25) is 0 Å². The Bertz CT molecular complexity index is 721. The molecule has 2 N–H and O–H groups in total. The molecule has 2 aliphatic heterocycles. The largest absolute Gasteiger partial charge is 0.355 e. The maximum absolute atomic E-state index is 14.2. The number of nitrogens with zero attached hydrogens (tertiary/aromatic N) is 3. The molecule has 1 fully saturated rings. The first-order chi connectivity index (χ1) is 13.1. The highest BCUT2D eigenvalue weighted by Crippen LogP contribution is 2.36. The second-order valence-corrected chi connectivity index (χ2v) is 7.18. The fourth-order valence-electron chi connectivity index (χ4n) is 3.78. The predicted octanol–water partition coefficient (Wildman–Crippen LogP) is 1.58. The molecule has 1 aromatic carbocycles. The summed E-state index contributed by atoms with van der Waals surface area (Å²) in [4.78, 5) is 18.4. The Labute approximate surface area is 159 Å². The van der Waals surface area contributed by atoms with E-state index in [4.69, 9.17) is 0 Å². The molecule has 0 aliphatic carbocycles. The molecule has 0 radical (unpaired) electrons. The summed E-state index contributed by atoms with van der Waals surface area (Å²) in [7, 11) is 0. The van der Waals surface area contributed by atoms with Gasteiger partial charge in [-0.1, -0.05) is 18.2 Å². The number of hydrogen-bond donors (Lipinski definition) is 2. The van der Waals surface area contributed by atoms with Crippen LogP contribution in [0.5, 0.6) is 0 Å². The molecule has 1 unspecified atom stereocenters. The van der Waals surface area contributed by atoms with Crippen molar-refractivity contribution in [2.24, 2.45) is 4.99 Å². The number of nitriles is 1. The molecule has 1 saturated heterocycles. The number of hydrogen-bond acceptors (Lipinski definition) is 5. The third-order valence-corrected chi connectivity index (χ3v) is 5.48. The van der Waals surface area contributed by atoms with Gasteiger partial charge in [-0.2, -0.15) is 5.26 Å². The summed E-state index contributed by atoms with van der Waals surface area (Å²) >= 11 is 0. The van der Waals surface area contributed by atoms with E-state index in [1.807, 2.05) is 0 Å². The normalized spacial score (nSPS) is 22.1. The number of piperidine rings is 1. The number of nitrogens with one attached hydrogen (secondary N) is 2. The molecular formula is C20H26FN5O. The lowest BCUT2D eigenvalue weighted by molar-refractivity contribution is -0.123. The maximum Gasteiger partial charge on any atom is 0.237 e. The van der Waals surface area contributed by atoms with Gasteiger partial charge in [0, 0.05) is 24.7 Å². The van der Waals surface area contributed by atoms with E-state index in [0.717, 1.165) is 26.1 Å². The Morgan fingerprint density at radius 3 is 2.85 bits per heavy atom. The van der Waals surface area contributed by atoms with E-state index in [9.17, 15) is 14.4 Å². The van der Waals surface area contributed by atoms with Crippen LogP contribution in [0.1, 0.15) is 31.2 Å². The minimum Gasteiger partial charge on any atom is -0.355 e. The van der Waals surface area contributed by atoms with Gasteiger partial charge in [-0.25, -0.2) is 4.39 Å². The van der Waals surface area contributed by atoms with Gasteiger partial charge in [0.05, 0.1) is 24.2 Å². The zero-order chi connectivity index (χ0) is 19.1.